The third kappa shape index (κ3) is 2.50. The molecule has 2 rings (SSSR count). The Morgan fingerprint density at radius 1 is 1.35 bits per heavy atom. The number of carbonyl (C=O) groups is 1. The number of hydrogen-bond acceptors (Lipinski definition) is 3. The Morgan fingerprint density at radius 3 is 2.65 bits per heavy atom. The molecule has 0 radical (unpaired) electrons. The molecule has 1 aromatic rings. The number of hydrogen-bond donors (Lipinski definition) is 1. The molecule has 2 atom stereocenters. The van der Waals surface area contributed by atoms with Gasteiger partial charge < -0.3 is 9.84 Å². The number of rotatable bonds is 3. The summed E-state index contributed by atoms with van der Waals surface area (Å²) < 4.78 is 4.85. The molecule has 17 heavy (non-hydrogen) atoms. The molecule has 3 heteroatoms. The van der Waals surface area contributed by atoms with Crippen molar-refractivity contribution in [1.29, 1.82) is 0 Å². The van der Waals surface area contributed by atoms with E-state index in [9.17, 15) is 4.79 Å². The summed E-state index contributed by atoms with van der Waals surface area (Å²) in [5, 5.41) is 9.00. The van der Waals surface area contributed by atoms with Crippen LogP contribution in [-0.2, 0) is 16.1 Å². The van der Waals surface area contributed by atoms with Crippen molar-refractivity contribution in [1.82, 2.24) is 0 Å². The molecule has 0 aromatic heterocycles. The molecule has 2 unspecified atom stereocenters. The highest BCUT2D eigenvalue weighted by molar-refractivity contribution is 5.74. The second-order valence-corrected chi connectivity index (χ2v) is 4.57. The van der Waals surface area contributed by atoms with E-state index in [0.717, 1.165) is 24.8 Å². The summed E-state index contributed by atoms with van der Waals surface area (Å²) in [5.41, 5.74) is 2.08. The summed E-state index contributed by atoms with van der Waals surface area (Å²) in [4.78, 5) is 11.7. The minimum Gasteiger partial charge on any atom is -0.469 e. The summed E-state index contributed by atoms with van der Waals surface area (Å²) in [7, 11) is 1.45. The van der Waals surface area contributed by atoms with Gasteiger partial charge in [-0.25, -0.2) is 0 Å². The van der Waals surface area contributed by atoms with Crippen molar-refractivity contribution in [3.05, 3.63) is 35.4 Å². The minimum atomic E-state index is -0.0984. The molecule has 0 heterocycles. The van der Waals surface area contributed by atoms with Crippen LogP contribution in [0.15, 0.2) is 24.3 Å². The van der Waals surface area contributed by atoms with E-state index in [2.05, 4.69) is 0 Å². The fourth-order valence-electron chi connectivity index (χ4n) is 2.66. The SMILES string of the molecule is COC(=O)C1CCCC1c1ccc(CO)cc1. The fraction of sp³-hybridized carbons (Fsp3) is 0.500. The van der Waals surface area contributed by atoms with Gasteiger partial charge in [-0.3, -0.25) is 4.79 Å². The molecule has 1 aromatic carbocycles. The van der Waals surface area contributed by atoms with Crippen LogP contribution in [0.1, 0.15) is 36.3 Å². The van der Waals surface area contributed by atoms with Crippen LogP contribution >= 0.6 is 0 Å². The number of esters is 1. The lowest BCUT2D eigenvalue weighted by atomic mass is 9.88. The maximum Gasteiger partial charge on any atom is 0.309 e. The molecule has 0 amide bonds. The largest absolute Gasteiger partial charge is 0.469 e. The van der Waals surface area contributed by atoms with E-state index in [-0.39, 0.29) is 24.4 Å². The third-order valence-electron chi connectivity index (χ3n) is 3.61. The first-order chi connectivity index (χ1) is 8.26. The van der Waals surface area contributed by atoms with Crippen LogP contribution in [0.25, 0.3) is 0 Å². The first-order valence-electron chi connectivity index (χ1n) is 6.03. The number of methoxy groups -OCH3 is 1. The molecular weight excluding hydrogens is 216 g/mol. The van der Waals surface area contributed by atoms with Crippen LogP contribution in [0, 0.1) is 5.92 Å². The van der Waals surface area contributed by atoms with Gasteiger partial charge in [-0.05, 0) is 29.9 Å². The maximum absolute atomic E-state index is 11.7. The number of aliphatic hydroxyl groups is 1. The van der Waals surface area contributed by atoms with Crippen molar-refractivity contribution >= 4 is 5.97 Å². The van der Waals surface area contributed by atoms with Gasteiger partial charge in [0.15, 0.2) is 0 Å². The van der Waals surface area contributed by atoms with E-state index in [1.54, 1.807) is 0 Å². The second kappa shape index (κ2) is 5.32. The van der Waals surface area contributed by atoms with Gasteiger partial charge >= 0.3 is 5.97 Å². The van der Waals surface area contributed by atoms with E-state index in [1.807, 2.05) is 24.3 Å². The van der Waals surface area contributed by atoms with Crippen molar-refractivity contribution in [2.24, 2.45) is 5.92 Å². The molecule has 0 spiro atoms. The molecule has 3 nitrogen and oxygen atoms in total. The van der Waals surface area contributed by atoms with Gasteiger partial charge in [0.25, 0.3) is 0 Å². The Hall–Kier alpha value is -1.35. The highest BCUT2D eigenvalue weighted by atomic mass is 16.5. The molecule has 0 aliphatic heterocycles. The number of aliphatic hydroxyl groups excluding tert-OH is 1. The van der Waals surface area contributed by atoms with Gasteiger partial charge in [0, 0.05) is 0 Å². The van der Waals surface area contributed by atoms with E-state index < -0.39 is 0 Å². The predicted molar refractivity (Wildman–Crippen MR) is 64.5 cm³/mol. The molecule has 0 bridgehead atoms. The van der Waals surface area contributed by atoms with E-state index in [4.69, 9.17) is 9.84 Å². The Kier molecular flexibility index (Phi) is 3.79. The second-order valence-electron chi connectivity index (χ2n) is 4.57. The van der Waals surface area contributed by atoms with Crippen molar-refractivity contribution in [3.63, 3.8) is 0 Å². The lowest BCUT2D eigenvalue weighted by molar-refractivity contribution is -0.145. The fourth-order valence-corrected chi connectivity index (χ4v) is 2.66. The van der Waals surface area contributed by atoms with Gasteiger partial charge in [0.1, 0.15) is 0 Å². The van der Waals surface area contributed by atoms with E-state index >= 15 is 0 Å². The smallest absolute Gasteiger partial charge is 0.309 e. The summed E-state index contributed by atoms with van der Waals surface area (Å²) in [6.07, 6.45) is 3.03. The van der Waals surface area contributed by atoms with Crippen LogP contribution < -0.4 is 0 Å². The van der Waals surface area contributed by atoms with E-state index in [1.165, 1.54) is 12.7 Å². The molecule has 1 aliphatic rings. The number of carbonyl (C=O) groups excluding carboxylic acids is 1. The molecule has 1 aliphatic carbocycles. The first kappa shape index (κ1) is 12.1. The topological polar surface area (TPSA) is 46.5 Å². The zero-order chi connectivity index (χ0) is 12.3. The van der Waals surface area contributed by atoms with Crippen molar-refractivity contribution < 1.29 is 14.6 Å². The van der Waals surface area contributed by atoms with Crippen LogP contribution in [0.3, 0.4) is 0 Å². The third-order valence-corrected chi connectivity index (χ3v) is 3.61. The van der Waals surface area contributed by atoms with Gasteiger partial charge in [-0.2, -0.15) is 0 Å². The molecular formula is C14H18O3. The van der Waals surface area contributed by atoms with Crippen LogP contribution in [-0.4, -0.2) is 18.2 Å². The Bertz CT molecular complexity index is 383. The van der Waals surface area contributed by atoms with Gasteiger partial charge in [-0.1, -0.05) is 30.7 Å². The normalized spacial score (nSPS) is 23.6. The summed E-state index contributed by atoms with van der Waals surface area (Å²) in [6, 6.07) is 7.86. The molecule has 0 saturated heterocycles. The average molecular weight is 234 g/mol. The molecule has 1 fully saturated rings. The van der Waals surface area contributed by atoms with Gasteiger partial charge in [0.05, 0.1) is 19.6 Å². The monoisotopic (exact) mass is 234 g/mol. The summed E-state index contributed by atoms with van der Waals surface area (Å²) in [6.45, 7) is 0.0609. The lowest BCUT2D eigenvalue weighted by Crippen LogP contribution is -2.19. The molecule has 1 N–H and O–H groups in total. The number of benzene rings is 1. The van der Waals surface area contributed by atoms with Gasteiger partial charge in [0.2, 0.25) is 0 Å². The highest BCUT2D eigenvalue weighted by Crippen LogP contribution is 2.40. The highest BCUT2D eigenvalue weighted by Gasteiger charge is 2.34. The van der Waals surface area contributed by atoms with Gasteiger partial charge in [-0.15, -0.1) is 0 Å². The first-order valence-corrected chi connectivity index (χ1v) is 6.03. The Morgan fingerprint density at radius 2 is 2.06 bits per heavy atom. The zero-order valence-corrected chi connectivity index (χ0v) is 10.1. The van der Waals surface area contributed by atoms with Crippen molar-refractivity contribution in [2.45, 2.75) is 31.8 Å². The van der Waals surface area contributed by atoms with Crippen LogP contribution in [0.2, 0.25) is 0 Å². The Labute approximate surface area is 101 Å². The lowest BCUT2D eigenvalue weighted by Gasteiger charge is -2.18. The van der Waals surface area contributed by atoms with Crippen molar-refractivity contribution in [3.8, 4) is 0 Å². The van der Waals surface area contributed by atoms with Crippen molar-refractivity contribution in [2.75, 3.05) is 7.11 Å². The predicted octanol–water partition coefficient (Wildman–Crippen LogP) is 2.24. The van der Waals surface area contributed by atoms with E-state index in [0.29, 0.717) is 0 Å². The summed E-state index contributed by atoms with van der Waals surface area (Å²) in [5.74, 6) is 0.175. The average Bonchev–Trinajstić information content (AvgIpc) is 2.87. The molecule has 1 saturated carbocycles. The number of ether oxygens (including phenoxy) is 1. The van der Waals surface area contributed by atoms with Crippen LogP contribution in [0.5, 0.6) is 0 Å². The summed E-state index contributed by atoms with van der Waals surface area (Å²) >= 11 is 0. The Balaban J connectivity index is 2.17. The quantitative estimate of drug-likeness (QED) is 0.816. The van der Waals surface area contributed by atoms with Crippen LogP contribution in [0.4, 0.5) is 0 Å². The maximum atomic E-state index is 11.7. The molecule has 92 valence electrons. The standard InChI is InChI=1S/C14H18O3/c1-17-14(16)13-4-2-3-12(13)11-7-5-10(9-15)6-8-11/h5-8,12-13,15H,2-4,9H2,1H3. The minimum absolute atomic E-state index is 0.0000217. The zero-order valence-electron chi connectivity index (χ0n) is 10.1.